The first-order valence-electron chi connectivity index (χ1n) is 6.26. The molecule has 2 N–H and O–H groups in total. The zero-order chi connectivity index (χ0) is 13.7. The maximum atomic E-state index is 11.7. The molecule has 0 aliphatic carbocycles. The fraction of sp³-hybridized carbons (Fsp3) is 0.692. The Hall–Kier alpha value is -1.36. The number of nitrogens with zero attached hydrogens (tertiary/aromatic N) is 1. The highest BCUT2D eigenvalue weighted by Crippen LogP contribution is 2.25. The lowest BCUT2D eigenvalue weighted by molar-refractivity contribution is -0.121. The first-order chi connectivity index (χ1) is 8.45. The van der Waals surface area contributed by atoms with Gasteiger partial charge in [-0.25, -0.2) is 0 Å². The molecule has 102 valence electrons. The van der Waals surface area contributed by atoms with Crippen molar-refractivity contribution < 1.29 is 14.4 Å². The van der Waals surface area contributed by atoms with Crippen LogP contribution >= 0.6 is 0 Å². The summed E-state index contributed by atoms with van der Waals surface area (Å²) in [5.41, 5.74) is 1.86. The predicted molar refractivity (Wildman–Crippen MR) is 68.3 cm³/mol. The molecule has 1 aromatic rings. The van der Waals surface area contributed by atoms with Gasteiger partial charge in [-0.1, -0.05) is 19.0 Å². The Balaban J connectivity index is 2.50. The summed E-state index contributed by atoms with van der Waals surface area (Å²) >= 11 is 0. The van der Waals surface area contributed by atoms with E-state index in [0.29, 0.717) is 13.0 Å². The minimum atomic E-state index is -0.0113. The lowest BCUT2D eigenvalue weighted by atomic mass is 9.96. The van der Waals surface area contributed by atoms with Gasteiger partial charge in [0, 0.05) is 25.1 Å². The van der Waals surface area contributed by atoms with Crippen molar-refractivity contribution in [2.45, 2.75) is 40.0 Å². The van der Waals surface area contributed by atoms with Crippen LogP contribution in [-0.4, -0.2) is 29.3 Å². The highest BCUT2D eigenvalue weighted by Gasteiger charge is 2.19. The molecular formula is C13H22N2O3. The van der Waals surface area contributed by atoms with Crippen molar-refractivity contribution in [1.29, 1.82) is 0 Å². The van der Waals surface area contributed by atoms with Gasteiger partial charge in [0.05, 0.1) is 5.69 Å². The summed E-state index contributed by atoms with van der Waals surface area (Å²) in [6.45, 7) is 8.20. The minimum Gasteiger partial charge on any atom is -0.396 e. The fourth-order valence-electron chi connectivity index (χ4n) is 2.00. The molecule has 5 heteroatoms. The Bertz CT molecular complexity index is 381. The van der Waals surface area contributed by atoms with E-state index in [1.165, 1.54) is 0 Å². The van der Waals surface area contributed by atoms with E-state index in [1.54, 1.807) is 0 Å². The van der Waals surface area contributed by atoms with Gasteiger partial charge >= 0.3 is 0 Å². The number of aryl methyl sites for hydroxylation is 2. The topological polar surface area (TPSA) is 75.4 Å². The number of nitrogens with one attached hydrogen (secondary N) is 1. The van der Waals surface area contributed by atoms with Crippen LogP contribution in [0.4, 0.5) is 0 Å². The monoisotopic (exact) mass is 254 g/mol. The van der Waals surface area contributed by atoms with Crippen LogP contribution in [0.2, 0.25) is 0 Å². The quantitative estimate of drug-likeness (QED) is 0.807. The molecule has 0 spiro atoms. The van der Waals surface area contributed by atoms with Crippen LogP contribution in [0.1, 0.15) is 43.2 Å². The molecule has 0 aliphatic rings. The molecule has 1 amide bonds. The summed E-state index contributed by atoms with van der Waals surface area (Å²) in [6.07, 6.45) is 0.404. The molecule has 0 fully saturated rings. The predicted octanol–water partition coefficient (Wildman–Crippen LogP) is 1.53. The van der Waals surface area contributed by atoms with Gasteiger partial charge in [-0.2, -0.15) is 0 Å². The normalized spacial score (nSPS) is 14.3. The first-order valence-corrected chi connectivity index (χ1v) is 6.26. The summed E-state index contributed by atoms with van der Waals surface area (Å²) in [7, 11) is 0. The lowest BCUT2D eigenvalue weighted by Crippen LogP contribution is -2.30. The summed E-state index contributed by atoms with van der Waals surface area (Å²) in [5.74, 6) is 0.934. The number of hydrogen-bond donors (Lipinski definition) is 2. The molecule has 5 nitrogen and oxygen atoms in total. The molecular weight excluding hydrogens is 232 g/mol. The maximum Gasteiger partial charge on any atom is 0.220 e. The number of rotatable bonds is 6. The van der Waals surface area contributed by atoms with E-state index in [9.17, 15) is 4.79 Å². The maximum absolute atomic E-state index is 11.7. The Morgan fingerprint density at radius 3 is 2.61 bits per heavy atom. The molecule has 0 saturated heterocycles. The zero-order valence-corrected chi connectivity index (χ0v) is 11.5. The number of aromatic nitrogens is 1. The van der Waals surface area contributed by atoms with Crippen LogP contribution in [-0.2, 0) is 4.79 Å². The average molecular weight is 254 g/mol. The van der Waals surface area contributed by atoms with Gasteiger partial charge in [0.15, 0.2) is 0 Å². The summed E-state index contributed by atoms with van der Waals surface area (Å²) in [6, 6.07) is 0. The van der Waals surface area contributed by atoms with E-state index in [2.05, 4.69) is 10.5 Å². The fourth-order valence-corrected chi connectivity index (χ4v) is 2.00. The third-order valence-electron chi connectivity index (χ3n) is 3.03. The van der Waals surface area contributed by atoms with Gasteiger partial charge in [-0.3, -0.25) is 4.79 Å². The van der Waals surface area contributed by atoms with Crippen molar-refractivity contribution in [1.82, 2.24) is 10.5 Å². The first kappa shape index (κ1) is 14.7. The molecule has 1 heterocycles. The largest absolute Gasteiger partial charge is 0.396 e. The van der Waals surface area contributed by atoms with Crippen molar-refractivity contribution >= 4 is 5.91 Å². The van der Waals surface area contributed by atoms with Crippen LogP contribution in [0, 0.1) is 19.8 Å². The van der Waals surface area contributed by atoms with E-state index >= 15 is 0 Å². The second kappa shape index (κ2) is 6.54. The molecule has 1 rings (SSSR count). The van der Waals surface area contributed by atoms with E-state index < -0.39 is 0 Å². The van der Waals surface area contributed by atoms with E-state index in [1.807, 2.05) is 27.7 Å². The Kier molecular flexibility index (Phi) is 5.34. The molecule has 0 aliphatic heterocycles. The molecule has 2 atom stereocenters. The number of carbonyl (C=O) groups excluding carboxylic acids is 1. The number of amides is 1. The smallest absolute Gasteiger partial charge is 0.220 e. The van der Waals surface area contributed by atoms with Crippen LogP contribution in [0.25, 0.3) is 0 Å². The van der Waals surface area contributed by atoms with Crippen LogP contribution in [0.3, 0.4) is 0 Å². The van der Waals surface area contributed by atoms with Crippen LogP contribution in [0.5, 0.6) is 0 Å². The van der Waals surface area contributed by atoms with Crippen LogP contribution in [0.15, 0.2) is 4.52 Å². The third kappa shape index (κ3) is 3.84. The third-order valence-corrected chi connectivity index (χ3v) is 3.03. The summed E-state index contributed by atoms with van der Waals surface area (Å²) < 4.78 is 5.10. The van der Waals surface area contributed by atoms with Crippen molar-refractivity contribution in [3.8, 4) is 0 Å². The van der Waals surface area contributed by atoms with Gasteiger partial charge in [0.25, 0.3) is 0 Å². The van der Waals surface area contributed by atoms with Gasteiger partial charge in [-0.05, 0) is 25.7 Å². The minimum absolute atomic E-state index is 0.0113. The van der Waals surface area contributed by atoms with E-state index in [0.717, 1.165) is 17.0 Å². The van der Waals surface area contributed by atoms with Crippen LogP contribution < -0.4 is 5.32 Å². The van der Waals surface area contributed by atoms with Gasteiger partial charge in [-0.15, -0.1) is 0 Å². The Morgan fingerprint density at radius 1 is 1.44 bits per heavy atom. The van der Waals surface area contributed by atoms with Crippen molar-refractivity contribution in [3.63, 3.8) is 0 Å². The number of aliphatic hydroxyl groups is 1. The Labute approximate surface area is 108 Å². The van der Waals surface area contributed by atoms with Gasteiger partial charge in [0.2, 0.25) is 5.91 Å². The van der Waals surface area contributed by atoms with Gasteiger partial charge in [0.1, 0.15) is 5.76 Å². The standard InChI is InChI=1S/C13H22N2O3/c1-8(7-16)6-14-12(17)5-9(2)13-10(3)15-18-11(13)4/h8-9,16H,5-7H2,1-4H3,(H,14,17). The van der Waals surface area contributed by atoms with Crippen molar-refractivity contribution in [2.75, 3.05) is 13.2 Å². The van der Waals surface area contributed by atoms with E-state index in [-0.39, 0.29) is 24.3 Å². The molecule has 0 saturated carbocycles. The molecule has 0 bridgehead atoms. The lowest BCUT2D eigenvalue weighted by Gasteiger charge is -2.13. The highest BCUT2D eigenvalue weighted by molar-refractivity contribution is 5.76. The molecule has 18 heavy (non-hydrogen) atoms. The summed E-state index contributed by atoms with van der Waals surface area (Å²) in [5, 5.41) is 15.6. The molecule has 0 aromatic carbocycles. The zero-order valence-electron chi connectivity index (χ0n) is 11.5. The second-order valence-electron chi connectivity index (χ2n) is 4.93. The number of hydrogen-bond acceptors (Lipinski definition) is 4. The SMILES string of the molecule is Cc1noc(C)c1C(C)CC(=O)NCC(C)CO. The van der Waals surface area contributed by atoms with Gasteiger partial charge < -0.3 is 14.9 Å². The van der Waals surface area contributed by atoms with Crippen molar-refractivity contribution in [2.24, 2.45) is 5.92 Å². The molecule has 1 aromatic heterocycles. The second-order valence-corrected chi connectivity index (χ2v) is 4.93. The van der Waals surface area contributed by atoms with E-state index in [4.69, 9.17) is 9.63 Å². The highest BCUT2D eigenvalue weighted by atomic mass is 16.5. The molecule has 2 unspecified atom stereocenters. The molecule has 0 radical (unpaired) electrons. The Morgan fingerprint density at radius 2 is 2.11 bits per heavy atom. The summed E-state index contributed by atoms with van der Waals surface area (Å²) in [4.78, 5) is 11.7. The number of carbonyl (C=O) groups is 1. The number of aliphatic hydroxyl groups excluding tert-OH is 1. The average Bonchev–Trinajstić information content (AvgIpc) is 2.65. The van der Waals surface area contributed by atoms with Crippen molar-refractivity contribution in [3.05, 3.63) is 17.0 Å².